The molecule has 6 nitrogen and oxygen atoms in total. The van der Waals surface area contributed by atoms with Crippen molar-refractivity contribution in [3.63, 3.8) is 0 Å². The van der Waals surface area contributed by atoms with Crippen LogP contribution in [0.25, 0.3) is 0 Å². The molecular weight excluding hydrogens is 333 g/mol. The van der Waals surface area contributed by atoms with Crippen LogP contribution >= 0.6 is 0 Å². The molecule has 0 atom stereocenters. The summed E-state index contributed by atoms with van der Waals surface area (Å²) < 4.78 is 12.9. The first-order valence-corrected chi connectivity index (χ1v) is 8.18. The molecule has 0 aliphatic carbocycles. The number of hydrogen-bond acceptors (Lipinski definition) is 5. The molecule has 0 unspecified atom stereocenters. The summed E-state index contributed by atoms with van der Waals surface area (Å²) in [6, 6.07) is 10.1. The summed E-state index contributed by atoms with van der Waals surface area (Å²) in [4.78, 5) is 24.4. The van der Waals surface area contributed by atoms with Crippen molar-refractivity contribution < 1.29 is 9.18 Å². The molecule has 3 aromatic rings. The second-order valence-corrected chi connectivity index (χ2v) is 5.63. The summed E-state index contributed by atoms with van der Waals surface area (Å²) in [7, 11) is 0. The van der Waals surface area contributed by atoms with Crippen LogP contribution in [0.2, 0.25) is 0 Å². The van der Waals surface area contributed by atoms with E-state index in [1.54, 1.807) is 24.5 Å². The minimum atomic E-state index is -0.292. The topological polar surface area (TPSA) is 79.8 Å². The zero-order valence-corrected chi connectivity index (χ0v) is 14.0. The number of hydrogen-bond donors (Lipinski definition) is 2. The van der Waals surface area contributed by atoms with Crippen LogP contribution in [0.4, 0.5) is 10.2 Å². The van der Waals surface area contributed by atoms with Crippen LogP contribution in [-0.4, -0.2) is 27.4 Å². The summed E-state index contributed by atoms with van der Waals surface area (Å²) in [5, 5.41) is 5.90. The van der Waals surface area contributed by atoms with E-state index >= 15 is 0 Å². The van der Waals surface area contributed by atoms with Crippen LogP contribution in [0.5, 0.6) is 0 Å². The van der Waals surface area contributed by atoms with Gasteiger partial charge in [-0.2, -0.15) is 0 Å². The summed E-state index contributed by atoms with van der Waals surface area (Å²) in [6.07, 6.45) is 7.05. The summed E-state index contributed by atoms with van der Waals surface area (Å²) >= 11 is 0. The van der Waals surface area contributed by atoms with E-state index in [9.17, 15) is 9.18 Å². The molecule has 0 aliphatic heterocycles. The Hall–Kier alpha value is -3.35. The zero-order chi connectivity index (χ0) is 18.2. The fourth-order valence-electron chi connectivity index (χ4n) is 2.30. The van der Waals surface area contributed by atoms with Gasteiger partial charge in [0.15, 0.2) is 0 Å². The Labute approximate surface area is 150 Å². The first-order chi connectivity index (χ1) is 12.7. The highest BCUT2D eigenvalue weighted by Gasteiger charge is 2.07. The highest BCUT2D eigenvalue weighted by atomic mass is 19.1. The van der Waals surface area contributed by atoms with Crippen LogP contribution in [0, 0.1) is 5.82 Å². The van der Waals surface area contributed by atoms with Gasteiger partial charge in [-0.25, -0.2) is 14.4 Å². The van der Waals surface area contributed by atoms with E-state index < -0.39 is 0 Å². The van der Waals surface area contributed by atoms with Crippen molar-refractivity contribution in [1.29, 1.82) is 0 Å². The molecule has 2 N–H and O–H groups in total. The minimum Gasteiger partial charge on any atom is -0.368 e. The van der Waals surface area contributed by atoms with E-state index in [0.29, 0.717) is 18.9 Å². The third-order valence-electron chi connectivity index (χ3n) is 3.69. The quantitative estimate of drug-likeness (QED) is 0.684. The van der Waals surface area contributed by atoms with Gasteiger partial charge in [-0.1, -0.05) is 18.2 Å². The second-order valence-electron chi connectivity index (χ2n) is 5.63. The molecule has 132 valence electrons. The molecular formula is C19H18FN5O. The van der Waals surface area contributed by atoms with Crippen LogP contribution in [0.15, 0.2) is 61.2 Å². The number of benzene rings is 1. The number of halogens is 1. The Morgan fingerprint density at radius 3 is 2.54 bits per heavy atom. The maximum Gasteiger partial charge on any atom is 0.271 e. The molecule has 1 aromatic carbocycles. The van der Waals surface area contributed by atoms with Gasteiger partial charge < -0.3 is 10.6 Å². The molecule has 0 saturated carbocycles. The average molecular weight is 351 g/mol. The molecule has 0 spiro atoms. The van der Waals surface area contributed by atoms with Gasteiger partial charge in [-0.15, -0.1) is 0 Å². The largest absolute Gasteiger partial charge is 0.368 e. The molecule has 0 radical (unpaired) electrons. The molecule has 26 heavy (non-hydrogen) atoms. The molecule has 0 bridgehead atoms. The molecule has 0 aliphatic rings. The molecule has 0 fully saturated rings. The third-order valence-corrected chi connectivity index (χ3v) is 3.69. The minimum absolute atomic E-state index is 0.245. The summed E-state index contributed by atoms with van der Waals surface area (Å²) in [5.41, 5.74) is 2.18. The predicted molar refractivity (Wildman–Crippen MR) is 96.0 cm³/mol. The van der Waals surface area contributed by atoms with Crippen LogP contribution in [0.1, 0.15) is 21.6 Å². The number of nitrogens with one attached hydrogen (secondary N) is 2. The van der Waals surface area contributed by atoms with Crippen molar-refractivity contribution in [2.45, 2.75) is 13.0 Å². The Balaban J connectivity index is 1.46. The Morgan fingerprint density at radius 2 is 1.85 bits per heavy atom. The maximum absolute atomic E-state index is 12.9. The molecule has 2 heterocycles. The highest BCUT2D eigenvalue weighted by molar-refractivity contribution is 5.91. The summed E-state index contributed by atoms with van der Waals surface area (Å²) in [6.45, 7) is 1.01. The van der Waals surface area contributed by atoms with Crippen LogP contribution in [0.3, 0.4) is 0 Å². The summed E-state index contributed by atoms with van der Waals surface area (Å²) in [5.74, 6) is 0.0418. The van der Waals surface area contributed by atoms with E-state index in [1.165, 1.54) is 24.5 Å². The predicted octanol–water partition coefficient (Wildman–Crippen LogP) is 2.60. The lowest BCUT2D eigenvalue weighted by molar-refractivity contribution is 0.0945. The first kappa shape index (κ1) is 17.5. The lowest BCUT2D eigenvalue weighted by atomic mass is 10.1. The molecule has 2 aromatic heterocycles. The number of carbonyl (C=O) groups excluding carboxylic acids is 1. The lowest BCUT2D eigenvalue weighted by Gasteiger charge is -2.07. The molecule has 0 saturated heterocycles. The standard InChI is InChI=1S/C19H18FN5O/c20-16-5-3-14(4-6-16)7-9-22-18-13-23-17(12-24-18)19(26)25-11-15-2-1-8-21-10-15/h1-6,8,10,12-13H,7,9,11H2,(H,22,24)(H,25,26). The van der Waals surface area contributed by atoms with Gasteiger partial charge in [-0.3, -0.25) is 9.78 Å². The fraction of sp³-hybridized carbons (Fsp3) is 0.158. The van der Waals surface area contributed by atoms with E-state index in [-0.39, 0.29) is 17.4 Å². The Morgan fingerprint density at radius 1 is 1.00 bits per heavy atom. The first-order valence-electron chi connectivity index (χ1n) is 8.18. The van der Waals surface area contributed by atoms with Crippen molar-refractivity contribution in [2.24, 2.45) is 0 Å². The van der Waals surface area contributed by atoms with Crippen molar-refractivity contribution in [3.8, 4) is 0 Å². The third kappa shape index (κ3) is 5.07. The van der Waals surface area contributed by atoms with E-state index in [4.69, 9.17) is 0 Å². The van der Waals surface area contributed by atoms with Crippen LogP contribution < -0.4 is 10.6 Å². The number of nitrogens with zero attached hydrogens (tertiary/aromatic N) is 3. The van der Waals surface area contributed by atoms with Gasteiger partial charge in [0.2, 0.25) is 0 Å². The Kier molecular flexibility index (Phi) is 5.82. The maximum atomic E-state index is 12.9. The normalized spacial score (nSPS) is 10.3. The average Bonchev–Trinajstić information content (AvgIpc) is 2.69. The highest BCUT2D eigenvalue weighted by Crippen LogP contribution is 2.06. The Bertz CT molecular complexity index is 838. The number of amides is 1. The van der Waals surface area contributed by atoms with Crippen molar-refractivity contribution in [3.05, 3.63) is 83.8 Å². The van der Waals surface area contributed by atoms with Crippen molar-refractivity contribution >= 4 is 11.7 Å². The zero-order valence-electron chi connectivity index (χ0n) is 14.0. The number of pyridine rings is 1. The lowest BCUT2D eigenvalue weighted by Crippen LogP contribution is -2.24. The number of aromatic nitrogens is 3. The van der Waals surface area contributed by atoms with Gasteiger partial charge in [0.25, 0.3) is 5.91 Å². The van der Waals surface area contributed by atoms with E-state index in [2.05, 4.69) is 25.6 Å². The molecule has 7 heteroatoms. The van der Waals surface area contributed by atoms with E-state index in [0.717, 1.165) is 17.5 Å². The smallest absolute Gasteiger partial charge is 0.271 e. The monoisotopic (exact) mass is 351 g/mol. The fourth-order valence-corrected chi connectivity index (χ4v) is 2.30. The van der Waals surface area contributed by atoms with E-state index in [1.807, 2.05) is 12.1 Å². The van der Waals surface area contributed by atoms with Crippen LogP contribution in [-0.2, 0) is 13.0 Å². The van der Waals surface area contributed by atoms with Gasteiger partial charge in [0, 0.05) is 25.5 Å². The second kappa shape index (κ2) is 8.66. The number of rotatable bonds is 7. The van der Waals surface area contributed by atoms with Gasteiger partial charge in [0.05, 0.1) is 12.4 Å². The number of carbonyl (C=O) groups is 1. The van der Waals surface area contributed by atoms with Crippen molar-refractivity contribution in [1.82, 2.24) is 20.3 Å². The molecule has 1 amide bonds. The van der Waals surface area contributed by atoms with Gasteiger partial charge in [-0.05, 0) is 35.7 Å². The van der Waals surface area contributed by atoms with Gasteiger partial charge >= 0.3 is 0 Å². The number of anilines is 1. The SMILES string of the molecule is O=C(NCc1cccnc1)c1cnc(NCCc2ccc(F)cc2)cn1. The molecule has 3 rings (SSSR count). The van der Waals surface area contributed by atoms with Crippen molar-refractivity contribution in [2.75, 3.05) is 11.9 Å². The van der Waals surface area contributed by atoms with Gasteiger partial charge in [0.1, 0.15) is 17.3 Å².